The summed E-state index contributed by atoms with van der Waals surface area (Å²) in [4.78, 5) is 55.7. The molecule has 41 heavy (non-hydrogen) atoms. The monoisotopic (exact) mass is 573 g/mol. The predicted molar refractivity (Wildman–Crippen MR) is 144 cm³/mol. The van der Waals surface area contributed by atoms with Crippen molar-refractivity contribution in [2.75, 3.05) is 6.54 Å². The first-order valence-corrected chi connectivity index (χ1v) is 13.4. The number of piperidine rings is 1. The van der Waals surface area contributed by atoms with Crippen LogP contribution in [-0.2, 0) is 20.8 Å². The molecule has 0 bridgehead atoms. The van der Waals surface area contributed by atoms with Crippen LogP contribution in [0.2, 0.25) is 0 Å². The van der Waals surface area contributed by atoms with Gasteiger partial charge in [-0.05, 0) is 53.2 Å². The highest BCUT2D eigenvalue weighted by molar-refractivity contribution is 5.95. The molecule has 3 N–H and O–H groups in total. The lowest BCUT2D eigenvalue weighted by atomic mass is 9.85. The summed E-state index contributed by atoms with van der Waals surface area (Å²) in [6.45, 7) is 10.5. The Morgan fingerprint density at radius 1 is 1.17 bits per heavy atom. The van der Waals surface area contributed by atoms with E-state index in [2.05, 4.69) is 10.3 Å². The Balaban J connectivity index is 1.58. The van der Waals surface area contributed by atoms with E-state index in [1.54, 1.807) is 12.1 Å². The van der Waals surface area contributed by atoms with Crippen LogP contribution in [0.25, 0.3) is 10.9 Å². The van der Waals surface area contributed by atoms with Crippen LogP contribution in [0, 0.1) is 40.9 Å². The number of nitrogens with one attached hydrogen (secondary N) is 3. The number of nitriles is 1. The molecule has 1 aromatic heterocycles. The molecule has 2 aromatic rings. The Bertz CT molecular complexity index is 1500. The molecule has 0 radical (unpaired) electrons. The lowest BCUT2D eigenvalue weighted by molar-refractivity contribution is -0.176. The highest BCUT2D eigenvalue weighted by Crippen LogP contribution is 2.65. The molecule has 4 rings (SSSR count). The van der Waals surface area contributed by atoms with E-state index in [9.17, 15) is 37.6 Å². The van der Waals surface area contributed by atoms with Crippen LogP contribution >= 0.6 is 0 Å². The number of carbonyl (C=O) groups is 3. The molecule has 0 spiro atoms. The molecule has 1 aromatic carbocycles. The zero-order valence-electron chi connectivity index (χ0n) is 23.8. The summed E-state index contributed by atoms with van der Waals surface area (Å²) in [5.41, 5.74) is 0.113. The first-order chi connectivity index (χ1) is 18.9. The van der Waals surface area contributed by atoms with Crippen LogP contribution in [0.5, 0.6) is 0 Å². The van der Waals surface area contributed by atoms with Crippen molar-refractivity contribution in [1.82, 2.24) is 20.5 Å². The van der Waals surface area contributed by atoms with E-state index in [0.717, 1.165) is 10.9 Å². The number of hydrogen-bond acceptors (Lipinski definition) is 5. The summed E-state index contributed by atoms with van der Waals surface area (Å²) < 4.78 is 39.2. The number of rotatable bonds is 6. The maximum atomic E-state index is 13.6. The molecule has 3 amide bonds. The van der Waals surface area contributed by atoms with Gasteiger partial charge in [-0.1, -0.05) is 46.2 Å². The van der Waals surface area contributed by atoms with Gasteiger partial charge in [0, 0.05) is 24.0 Å². The Morgan fingerprint density at radius 3 is 2.41 bits per heavy atom. The maximum Gasteiger partial charge on any atom is 0.471 e. The number of hydrogen-bond donors (Lipinski definition) is 3. The van der Waals surface area contributed by atoms with Gasteiger partial charge in [-0.15, -0.1) is 0 Å². The number of halogens is 3. The highest BCUT2D eigenvalue weighted by Gasteiger charge is 2.70. The van der Waals surface area contributed by atoms with Gasteiger partial charge in [-0.2, -0.15) is 18.4 Å². The number of fused-ring (bicyclic) bond motifs is 2. The lowest BCUT2D eigenvalue weighted by Crippen LogP contribution is -2.61. The Hall–Kier alpha value is -3.88. The van der Waals surface area contributed by atoms with Crippen molar-refractivity contribution < 1.29 is 27.6 Å². The normalized spacial score (nSPS) is 22.8. The third-order valence-corrected chi connectivity index (χ3v) is 8.38. The third kappa shape index (κ3) is 5.80. The van der Waals surface area contributed by atoms with E-state index in [-0.39, 0.29) is 30.2 Å². The molecule has 1 unspecified atom stereocenters. The maximum absolute atomic E-state index is 13.6. The second kappa shape index (κ2) is 10.2. The van der Waals surface area contributed by atoms with Crippen molar-refractivity contribution in [1.29, 1.82) is 5.26 Å². The van der Waals surface area contributed by atoms with Crippen LogP contribution < -0.4 is 16.2 Å². The number of alkyl halides is 3. The Morgan fingerprint density at radius 2 is 1.83 bits per heavy atom. The van der Waals surface area contributed by atoms with Crippen LogP contribution in [-0.4, -0.2) is 58.5 Å². The van der Waals surface area contributed by atoms with Gasteiger partial charge < -0.3 is 20.5 Å². The standard InChI is InChI=1S/C29H34F3N5O4/c1-14-7-8-19-15(9-14)10-16(23(38)35-19)11-17(12-33)34-24(39)21-20-18(28(20,5)6)13-37(21)25(40)22(27(2,3)4)36-26(41)29(30,31)32/h7-10,17-18,20-22H,11,13H2,1-6H3,(H,34,39)(H,35,38)(H,36,41)/t17?,18-,20-,21-,22+/m0/s1. The number of likely N-dealkylation sites (tertiary alicyclic amines) is 1. The van der Waals surface area contributed by atoms with Gasteiger partial charge in [0.25, 0.3) is 5.56 Å². The van der Waals surface area contributed by atoms with Crippen LogP contribution in [0.1, 0.15) is 45.7 Å². The smallest absolute Gasteiger partial charge is 0.338 e. The number of aromatic nitrogens is 1. The van der Waals surface area contributed by atoms with Crippen molar-refractivity contribution in [2.24, 2.45) is 22.7 Å². The summed E-state index contributed by atoms with van der Waals surface area (Å²) in [5.74, 6) is -4.03. The van der Waals surface area contributed by atoms with Gasteiger partial charge in [0.15, 0.2) is 0 Å². The number of aromatic amines is 1. The number of benzene rings is 1. The molecule has 9 nitrogen and oxygen atoms in total. The fourth-order valence-corrected chi connectivity index (χ4v) is 5.97. The minimum Gasteiger partial charge on any atom is -0.338 e. The molecule has 1 saturated heterocycles. The topological polar surface area (TPSA) is 135 Å². The second-order valence-corrected chi connectivity index (χ2v) is 12.8. The number of aryl methyl sites for hydroxylation is 1. The molecule has 2 heterocycles. The molecule has 220 valence electrons. The largest absolute Gasteiger partial charge is 0.471 e. The van der Waals surface area contributed by atoms with E-state index in [4.69, 9.17) is 0 Å². The fourth-order valence-electron chi connectivity index (χ4n) is 5.97. The number of amides is 3. The van der Waals surface area contributed by atoms with E-state index >= 15 is 0 Å². The first kappa shape index (κ1) is 30.1. The molecule has 12 heteroatoms. The molecular formula is C29H34F3N5O4. The van der Waals surface area contributed by atoms with Crippen molar-refractivity contribution >= 4 is 28.6 Å². The third-order valence-electron chi connectivity index (χ3n) is 8.38. The molecule has 2 aliphatic rings. The Kier molecular flexibility index (Phi) is 7.48. The van der Waals surface area contributed by atoms with Crippen molar-refractivity contribution in [3.63, 3.8) is 0 Å². The van der Waals surface area contributed by atoms with Crippen LogP contribution in [0.3, 0.4) is 0 Å². The fraction of sp³-hybridized carbons (Fsp3) is 0.552. The minimum atomic E-state index is -5.19. The summed E-state index contributed by atoms with van der Waals surface area (Å²) in [7, 11) is 0. The zero-order chi connectivity index (χ0) is 30.7. The van der Waals surface area contributed by atoms with E-state index in [1.165, 1.54) is 25.7 Å². The number of nitrogens with zero attached hydrogens (tertiary/aromatic N) is 2. The average Bonchev–Trinajstić information content (AvgIpc) is 3.19. The summed E-state index contributed by atoms with van der Waals surface area (Å²) in [6.07, 6.45) is -5.28. The zero-order valence-corrected chi connectivity index (χ0v) is 23.8. The summed E-state index contributed by atoms with van der Waals surface area (Å²) >= 11 is 0. The molecule has 2 fully saturated rings. The molecular weight excluding hydrogens is 539 g/mol. The summed E-state index contributed by atoms with van der Waals surface area (Å²) in [5, 5.41) is 15.1. The van der Waals surface area contributed by atoms with Gasteiger partial charge in [0.1, 0.15) is 18.1 Å². The Labute approximate surface area is 235 Å². The minimum absolute atomic E-state index is 0.0757. The number of H-pyrrole nitrogens is 1. The van der Waals surface area contributed by atoms with Crippen molar-refractivity contribution in [3.05, 3.63) is 45.7 Å². The summed E-state index contributed by atoms with van der Waals surface area (Å²) in [6, 6.07) is 5.49. The van der Waals surface area contributed by atoms with E-state index < -0.39 is 53.0 Å². The van der Waals surface area contributed by atoms with Crippen molar-refractivity contribution in [3.8, 4) is 6.07 Å². The van der Waals surface area contributed by atoms with Crippen LogP contribution in [0.15, 0.2) is 29.1 Å². The van der Waals surface area contributed by atoms with Gasteiger partial charge in [0.2, 0.25) is 11.8 Å². The molecule has 5 atom stereocenters. The molecule has 1 aliphatic carbocycles. The van der Waals surface area contributed by atoms with Crippen molar-refractivity contribution in [2.45, 2.75) is 72.3 Å². The van der Waals surface area contributed by atoms with Gasteiger partial charge in [-0.25, -0.2) is 0 Å². The SMILES string of the molecule is Cc1ccc2[nH]c(=O)c(CC(C#N)NC(=O)[C@@H]3[C@@H]4[C@H](CN3C(=O)[C@@H](NC(=O)C(F)(F)F)C(C)(C)C)C4(C)C)cc2c1. The van der Waals surface area contributed by atoms with Gasteiger partial charge in [-0.3, -0.25) is 19.2 Å². The first-order valence-electron chi connectivity index (χ1n) is 13.4. The van der Waals surface area contributed by atoms with Gasteiger partial charge in [0.05, 0.1) is 6.07 Å². The lowest BCUT2D eigenvalue weighted by Gasteiger charge is -2.37. The number of pyridine rings is 1. The predicted octanol–water partition coefficient (Wildman–Crippen LogP) is 2.96. The van der Waals surface area contributed by atoms with E-state index in [1.807, 2.05) is 44.3 Å². The average molecular weight is 574 g/mol. The van der Waals surface area contributed by atoms with Crippen LogP contribution in [0.4, 0.5) is 13.2 Å². The second-order valence-electron chi connectivity index (χ2n) is 12.8. The quantitative estimate of drug-likeness (QED) is 0.489. The highest BCUT2D eigenvalue weighted by atomic mass is 19.4. The van der Waals surface area contributed by atoms with Gasteiger partial charge >= 0.3 is 12.1 Å². The van der Waals surface area contributed by atoms with E-state index in [0.29, 0.717) is 11.1 Å². The molecule has 1 saturated carbocycles. The number of carbonyl (C=O) groups excluding carboxylic acids is 3. The molecule has 1 aliphatic heterocycles.